The van der Waals surface area contributed by atoms with Gasteiger partial charge in [-0.3, -0.25) is 4.79 Å². The maximum Gasteiger partial charge on any atom is 0.251 e. The minimum absolute atomic E-state index is 0.0338. The van der Waals surface area contributed by atoms with Crippen LogP contribution in [0.5, 0.6) is 0 Å². The molecule has 3 nitrogen and oxygen atoms in total. The van der Waals surface area contributed by atoms with Crippen molar-refractivity contribution in [3.63, 3.8) is 0 Å². The molecule has 0 heterocycles. The van der Waals surface area contributed by atoms with E-state index in [2.05, 4.69) is 21.2 Å². The summed E-state index contributed by atoms with van der Waals surface area (Å²) in [6.45, 7) is 3.15. The third-order valence-electron chi connectivity index (χ3n) is 2.10. The third kappa shape index (κ3) is 3.64. The monoisotopic (exact) mass is 270 g/mol. The van der Waals surface area contributed by atoms with Crippen molar-refractivity contribution in [1.29, 1.82) is 0 Å². The predicted molar refractivity (Wildman–Crippen MR) is 64.9 cm³/mol. The van der Waals surface area contributed by atoms with Gasteiger partial charge < -0.3 is 11.1 Å². The lowest BCUT2D eigenvalue weighted by atomic mass is 10.1. The first-order chi connectivity index (χ1) is 7.15. The normalized spacial score (nSPS) is 10.1. The fourth-order valence-electron chi connectivity index (χ4n) is 1.28. The van der Waals surface area contributed by atoms with E-state index in [1.54, 1.807) is 0 Å². The van der Waals surface area contributed by atoms with Crippen LogP contribution in [0.3, 0.4) is 0 Å². The van der Waals surface area contributed by atoms with Gasteiger partial charge in [-0.05, 0) is 43.7 Å². The SMILES string of the molecule is Cc1cc(Br)ccc1C(=O)NCCCN. The molecule has 15 heavy (non-hydrogen) atoms. The van der Waals surface area contributed by atoms with Crippen molar-refractivity contribution in [2.45, 2.75) is 13.3 Å². The first-order valence-corrected chi connectivity index (χ1v) is 5.69. The van der Waals surface area contributed by atoms with Crippen molar-refractivity contribution in [2.75, 3.05) is 13.1 Å². The molecular formula is C11H15BrN2O. The summed E-state index contributed by atoms with van der Waals surface area (Å²) in [5.41, 5.74) is 7.03. The van der Waals surface area contributed by atoms with E-state index in [-0.39, 0.29) is 5.91 Å². The highest BCUT2D eigenvalue weighted by atomic mass is 79.9. The lowest BCUT2D eigenvalue weighted by molar-refractivity contribution is 0.0953. The van der Waals surface area contributed by atoms with E-state index in [4.69, 9.17) is 5.73 Å². The average Bonchev–Trinajstić information content (AvgIpc) is 2.17. The second-order valence-corrected chi connectivity index (χ2v) is 4.27. The van der Waals surface area contributed by atoms with Crippen LogP contribution < -0.4 is 11.1 Å². The highest BCUT2D eigenvalue weighted by Crippen LogP contribution is 2.15. The molecule has 1 rings (SSSR count). The number of rotatable bonds is 4. The van der Waals surface area contributed by atoms with Crippen molar-refractivity contribution < 1.29 is 4.79 Å². The Morgan fingerprint density at radius 3 is 2.87 bits per heavy atom. The number of aryl methyl sites for hydroxylation is 1. The van der Waals surface area contributed by atoms with Gasteiger partial charge in [0.1, 0.15) is 0 Å². The summed E-state index contributed by atoms with van der Waals surface area (Å²) >= 11 is 3.36. The number of carbonyl (C=O) groups excluding carboxylic acids is 1. The molecule has 1 amide bonds. The van der Waals surface area contributed by atoms with Crippen molar-refractivity contribution in [1.82, 2.24) is 5.32 Å². The summed E-state index contributed by atoms with van der Waals surface area (Å²) < 4.78 is 0.985. The van der Waals surface area contributed by atoms with Crippen molar-refractivity contribution >= 4 is 21.8 Å². The van der Waals surface area contributed by atoms with Gasteiger partial charge >= 0.3 is 0 Å². The highest BCUT2D eigenvalue weighted by molar-refractivity contribution is 9.10. The Morgan fingerprint density at radius 1 is 1.53 bits per heavy atom. The van der Waals surface area contributed by atoms with E-state index in [1.165, 1.54) is 0 Å². The van der Waals surface area contributed by atoms with Gasteiger partial charge in [0.15, 0.2) is 0 Å². The summed E-state index contributed by atoms with van der Waals surface area (Å²) in [6, 6.07) is 5.61. The molecule has 0 atom stereocenters. The second kappa shape index (κ2) is 5.88. The molecule has 0 aromatic heterocycles. The molecule has 1 aromatic carbocycles. The maximum atomic E-state index is 11.7. The summed E-state index contributed by atoms with van der Waals surface area (Å²) in [5.74, 6) is -0.0338. The molecular weight excluding hydrogens is 256 g/mol. The van der Waals surface area contributed by atoms with Crippen molar-refractivity contribution in [2.24, 2.45) is 5.73 Å². The standard InChI is InChI=1S/C11H15BrN2O/c1-8-7-9(12)3-4-10(8)11(15)14-6-2-5-13/h3-4,7H,2,5-6,13H2,1H3,(H,14,15). The summed E-state index contributed by atoms with van der Waals surface area (Å²) in [7, 11) is 0. The van der Waals surface area contributed by atoms with Gasteiger partial charge in [0.25, 0.3) is 5.91 Å². The predicted octanol–water partition coefficient (Wildman–Crippen LogP) is 1.84. The van der Waals surface area contributed by atoms with E-state index in [9.17, 15) is 4.79 Å². The first-order valence-electron chi connectivity index (χ1n) is 4.89. The number of nitrogens with one attached hydrogen (secondary N) is 1. The average molecular weight is 271 g/mol. The fraction of sp³-hybridized carbons (Fsp3) is 0.364. The summed E-state index contributed by atoms with van der Waals surface area (Å²) in [4.78, 5) is 11.7. The first kappa shape index (κ1) is 12.2. The molecule has 0 fully saturated rings. The third-order valence-corrected chi connectivity index (χ3v) is 2.59. The zero-order valence-corrected chi connectivity index (χ0v) is 10.3. The molecule has 0 aliphatic carbocycles. The number of hydrogen-bond donors (Lipinski definition) is 2. The molecule has 82 valence electrons. The number of hydrogen-bond acceptors (Lipinski definition) is 2. The summed E-state index contributed by atoms with van der Waals surface area (Å²) in [5, 5.41) is 2.83. The molecule has 0 saturated carbocycles. The van der Waals surface area contributed by atoms with Crippen LogP contribution in [0, 0.1) is 6.92 Å². The summed E-state index contributed by atoms with van der Waals surface area (Å²) in [6.07, 6.45) is 0.807. The van der Waals surface area contributed by atoms with Gasteiger partial charge in [0.2, 0.25) is 0 Å². The molecule has 0 bridgehead atoms. The van der Waals surface area contributed by atoms with Crippen LogP contribution in [-0.4, -0.2) is 19.0 Å². The Labute approximate surface area is 98.2 Å². The molecule has 3 N–H and O–H groups in total. The molecule has 0 saturated heterocycles. The lowest BCUT2D eigenvalue weighted by Gasteiger charge is -2.07. The molecule has 1 aromatic rings. The van der Waals surface area contributed by atoms with Crippen LogP contribution in [0.25, 0.3) is 0 Å². The Balaban J connectivity index is 2.65. The quantitative estimate of drug-likeness (QED) is 0.821. The van der Waals surface area contributed by atoms with E-state index in [0.717, 1.165) is 22.0 Å². The minimum Gasteiger partial charge on any atom is -0.352 e. The smallest absolute Gasteiger partial charge is 0.251 e. The number of amides is 1. The van der Waals surface area contributed by atoms with Gasteiger partial charge in [-0.1, -0.05) is 15.9 Å². The van der Waals surface area contributed by atoms with Gasteiger partial charge in [-0.15, -0.1) is 0 Å². The number of carbonyl (C=O) groups is 1. The Bertz CT molecular complexity index is 352. The van der Waals surface area contributed by atoms with Crippen molar-refractivity contribution in [3.8, 4) is 0 Å². The Kier molecular flexibility index (Phi) is 4.78. The molecule has 0 aliphatic heterocycles. The van der Waals surface area contributed by atoms with Crippen LogP contribution >= 0.6 is 15.9 Å². The fourth-order valence-corrected chi connectivity index (χ4v) is 1.76. The molecule has 0 aliphatic rings. The second-order valence-electron chi connectivity index (χ2n) is 3.36. The van der Waals surface area contributed by atoms with Crippen molar-refractivity contribution in [3.05, 3.63) is 33.8 Å². The topological polar surface area (TPSA) is 55.1 Å². The van der Waals surface area contributed by atoms with E-state index >= 15 is 0 Å². The van der Waals surface area contributed by atoms with Crippen LogP contribution in [-0.2, 0) is 0 Å². The van der Waals surface area contributed by atoms with Gasteiger partial charge in [-0.2, -0.15) is 0 Å². The van der Waals surface area contributed by atoms with Gasteiger partial charge in [0.05, 0.1) is 0 Å². The van der Waals surface area contributed by atoms with Gasteiger partial charge in [-0.25, -0.2) is 0 Å². The Morgan fingerprint density at radius 2 is 2.27 bits per heavy atom. The largest absolute Gasteiger partial charge is 0.352 e. The maximum absolute atomic E-state index is 11.7. The van der Waals surface area contributed by atoms with Crippen LogP contribution in [0.15, 0.2) is 22.7 Å². The van der Waals surface area contributed by atoms with Crippen LogP contribution in [0.4, 0.5) is 0 Å². The van der Waals surface area contributed by atoms with E-state index in [1.807, 2.05) is 25.1 Å². The van der Waals surface area contributed by atoms with E-state index < -0.39 is 0 Å². The number of halogens is 1. The van der Waals surface area contributed by atoms with Crippen LogP contribution in [0.2, 0.25) is 0 Å². The zero-order chi connectivity index (χ0) is 11.3. The van der Waals surface area contributed by atoms with Crippen LogP contribution in [0.1, 0.15) is 22.3 Å². The highest BCUT2D eigenvalue weighted by Gasteiger charge is 2.07. The zero-order valence-electron chi connectivity index (χ0n) is 8.72. The Hall–Kier alpha value is -0.870. The van der Waals surface area contributed by atoms with Gasteiger partial charge in [0, 0.05) is 16.6 Å². The minimum atomic E-state index is -0.0338. The molecule has 0 spiro atoms. The lowest BCUT2D eigenvalue weighted by Crippen LogP contribution is -2.26. The molecule has 0 unspecified atom stereocenters. The number of benzene rings is 1. The number of nitrogens with two attached hydrogens (primary N) is 1. The molecule has 4 heteroatoms. The van der Waals surface area contributed by atoms with E-state index in [0.29, 0.717) is 13.1 Å². The molecule has 0 radical (unpaired) electrons.